The summed E-state index contributed by atoms with van der Waals surface area (Å²) in [6.07, 6.45) is 1.57. The fourth-order valence-electron chi connectivity index (χ4n) is 3.87. The molecule has 1 atom stereocenters. The zero-order chi connectivity index (χ0) is 20.5. The second-order valence-corrected chi connectivity index (χ2v) is 7.45. The van der Waals surface area contributed by atoms with Crippen molar-refractivity contribution in [2.75, 3.05) is 19.9 Å². The number of fused-ring (bicyclic) bond motifs is 1. The molecule has 2 aliphatic heterocycles. The molecule has 30 heavy (non-hydrogen) atoms. The lowest BCUT2D eigenvalue weighted by molar-refractivity contribution is -0.130. The first-order valence-corrected chi connectivity index (χ1v) is 9.91. The third kappa shape index (κ3) is 3.72. The lowest BCUT2D eigenvalue weighted by Gasteiger charge is -2.16. The van der Waals surface area contributed by atoms with E-state index < -0.39 is 0 Å². The number of benzene rings is 2. The van der Waals surface area contributed by atoms with Crippen LogP contribution in [0.1, 0.15) is 30.2 Å². The van der Waals surface area contributed by atoms with Gasteiger partial charge in [-0.2, -0.15) is 0 Å². The molecule has 0 saturated carbocycles. The van der Waals surface area contributed by atoms with Gasteiger partial charge >= 0.3 is 0 Å². The Bertz CT molecular complexity index is 1070. The Morgan fingerprint density at radius 2 is 1.93 bits per heavy atom. The Kier molecular flexibility index (Phi) is 4.82. The van der Waals surface area contributed by atoms with Crippen LogP contribution >= 0.6 is 0 Å². The van der Waals surface area contributed by atoms with E-state index in [-0.39, 0.29) is 24.4 Å². The largest absolute Gasteiger partial charge is 0.454 e. The minimum atomic E-state index is -0.246. The number of carbonyl (C=O) groups is 1. The minimum Gasteiger partial charge on any atom is -0.454 e. The molecule has 1 saturated heterocycles. The minimum absolute atomic E-state index is 0.0578. The Balaban J connectivity index is 1.17. The molecule has 8 heteroatoms. The molecule has 0 bridgehead atoms. The maximum absolute atomic E-state index is 13.1. The number of aromatic nitrogens is 2. The van der Waals surface area contributed by atoms with Gasteiger partial charge in [0.15, 0.2) is 11.5 Å². The van der Waals surface area contributed by atoms with Crippen molar-refractivity contribution in [3.63, 3.8) is 0 Å². The smallest absolute Gasteiger partial charge is 0.247 e. The van der Waals surface area contributed by atoms with Crippen LogP contribution in [0.4, 0.5) is 4.39 Å². The topological polar surface area (TPSA) is 77.7 Å². The molecule has 5 rings (SSSR count). The number of rotatable bonds is 5. The Hall–Kier alpha value is -3.42. The van der Waals surface area contributed by atoms with Gasteiger partial charge in [0.2, 0.25) is 24.5 Å². The van der Waals surface area contributed by atoms with Gasteiger partial charge in [-0.3, -0.25) is 4.79 Å². The summed E-state index contributed by atoms with van der Waals surface area (Å²) in [6.45, 7) is 1.55. The zero-order valence-corrected chi connectivity index (χ0v) is 16.2. The van der Waals surface area contributed by atoms with E-state index in [1.807, 2.05) is 11.0 Å². The quantitative estimate of drug-likeness (QED) is 0.641. The Morgan fingerprint density at radius 1 is 1.10 bits per heavy atom. The summed E-state index contributed by atoms with van der Waals surface area (Å²) in [6, 6.07) is 11.9. The Morgan fingerprint density at radius 3 is 2.80 bits per heavy atom. The number of amides is 1. The molecule has 1 amide bonds. The van der Waals surface area contributed by atoms with Crippen molar-refractivity contribution >= 4 is 5.91 Å². The van der Waals surface area contributed by atoms with Crippen LogP contribution in [0.25, 0.3) is 11.5 Å². The molecule has 154 valence electrons. The van der Waals surface area contributed by atoms with E-state index in [1.165, 1.54) is 12.1 Å². The van der Waals surface area contributed by atoms with Gasteiger partial charge in [0.1, 0.15) is 5.82 Å². The highest BCUT2D eigenvalue weighted by Crippen LogP contribution is 2.35. The lowest BCUT2D eigenvalue weighted by Crippen LogP contribution is -2.28. The van der Waals surface area contributed by atoms with E-state index in [1.54, 1.807) is 24.3 Å². The maximum atomic E-state index is 13.1. The molecule has 0 N–H and O–H groups in total. The molecule has 0 spiro atoms. The monoisotopic (exact) mass is 409 g/mol. The second-order valence-electron chi connectivity index (χ2n) is 7.45. The van der Waals surface area contributed by atoms with Crippen molar-refractivity contribution in [1.82, 2.24) is 15.1 Å². The number of halogens is 1. The van der Waals surface area contributed by atoms with E-state index in [4.69, 9.17) is 13.9 Å². The number of likely N-dealkylation sites (tertiary alicyclic amines) is 1. The second kappa shape index (κ2) is 7.78. The van der Waals surface area contributed by atoms with Crippen LogP contribution in [0.5, 0.6) is 11.5 Å². The van der Waals surface area contributed by atoms with Crippen LogP contribution in [0.3, 0.4) is 0 Å². The van der Waals surface area contributed by atoms with Gasteiger partial charge in [-0.15, -0.1) is 10.2 Å². The van der Waals surface area contributed by atoms with Crippen LogP contribution in [-0.2, 0) is 11.2 Å². The van der Waals surface area contributed by atoms with Gasteiger partial charge in [-0.25, -0.2) is 4.39 Å². The van der Waals surface area contributed by atoms with Crippen molar-refractivity contribution in [1.29, 1.82) is 0 Å². The first-order valence-electron chi connectivity index (χ1n) is 9.91. The number of aryl methyl sites for hydroxylation is 1. The van der Waals surface area contributed by atoms with Crippen LogP contribution in [-0.4, -0.2) is 40.9 Å². The number of ether oxygens (including phenoxy) is 2. The molecule has 1 fully saturated rings. The van der Waals surface area contributed by atoms with Crippen LogP contribution in [0.2, 0.25) is 0 Å². The molecule has 2 aromatic carbocycles. The van der Waals surface area contributed by atoms with Crippen molar-refractivity contribution in [3.05, 3.63) is 59.7 Å². The number of hydrogen-bond acceptors (Lipinski definition) is 6. The molecule has 3 heterocycles. The fourth-order valence-corrected chi connectivity index (χ4v) is 3.87. The van der Waals surface area contributed by atoms with Gasteiger partial charge in [0, 0.05) is 37.4 Å². The standard InChI is InChI=1S/C22H20FN3O4/c23-17-4-1-14(2-5-17)16-9-10-26(12-16)21(27)8-7-20-24-25-22(30-20)15-3-6-18-19(11-15)29-13-28-18/h1-6,11,16H,7-10,12-13H2. The van der Waals surface area contributed by atoms with Crippen molar-refractivity contribution in [3.8, 4) is 23.0 Å². The molecule has 2 aliphatic rings. The summed E-state index contributed by atoms with van der Waals surface area (Å²) in [7, 11) is 0. The number of carbonyl (C=O) groups excluding carboxylic acids is 1. The summed E-state index contributed by atoms with van der Waals surface area (Å²) in [5.41, 5.74) is 1.81. The summed E-state index contributed by atoms with van der Waals surface area (Å²) in [4.78, 5) is 14.5. The molecular formula is C22H20FN3O4. The summed E-state index contributed by atoms with van der Waals surface area (Å²) < 4.78 is 29.5. The van der Waals surface area contributed by atoms with Gasteiger partial charge in [-0.05, 0) is 42.3 Å². The third-order valence-corrected chi connectivity index (χ3v) is 5.52. The highest BCUT2D eigenvalue weighted by atomic mass is 19.1. The average molecular weight is 409 g/mol. The highest BCUT2D eigenvalue weighted by molar-refractivity contribution is 5.76. The molecule has 0 aliphatic carbocycles. The van der Waals surface area contributed by atoms with E-state index in [9.17, 15) is 9.18 Å². The number of hydrogen-bond donors (Lipinski definition) is 0. The third-order valence-electron chi connectivity index (χ3n) is 5.52. The van der Waals surface area contributed by atoms with Crippen LogP contribution < -0.4 is 9.47 Å². The average Bonchev–Trinajstić information content (AvgIpc) is 3.52. The fraction of sp³-hybridized carbons (Fsp3) is 0.318. The van der Waals surface area contributed by atoms with Crippen LogP contribution in [0.15, 0.2) is 46.9 Å². The lowest BCUT2D eigenvalue weighted by atomic mass is 9.99. The van der Waals surface area contributed by atoms with Crippen molar-refractivity contribution < 1.29 is 23.1 Å². The first-order chi connectivity index (χ1) is 14.7. The van der Waals surface area contributed by atoms with E-state index in [0.29, 0.717) is 49.2 Å². The molecule has 3 aromatic rings. The maximum Gasteiger partial charge on any atom is 0.247 e. The van der Waals surface area contributed by atoms with Gasteiger partial charge in [0.25, 0.3) is 0 Å². The highest BCUT2D eigenvalue weighted by Gasteiger charge is 2.27. The van der Waals surface area contributed by atoms with E-state index in [2.05, 4.69) is 10.2 Å². The molecule has 1 unspecified atom stereocenters. The molecule has 7 nitrogen and oxygen atoms in total. The van der Waals surface area contributed by atoms with E-state index >= 15 is 0 Å². The molecule has 1 aromatic heterocycles. The number of nitrogens with zero attached hydrogens (tertiary/aromatic N) is 3. The van der Waals surface area contributed by atoms with Crippen molar-refractivity contribution in [2.24, 2.45) is 0 Å². The summed E-state index contributed by atoms with van der Waals surface area (Å²) in [5, 5.41) is 8.14. The molecule has 0 radical (unpaired) electrons. The zero-order valence-electron chi connectivity index (χ0n) is 16.2. The summed E-state index contributed by atoms with van der Waals surface area (Å²) in [5.74, 6) is 2.20. The summed E-state index contributed by atoms with van der Waals surface area (Å²) >= 11 is 0. The van der Waals surface area contributed by atoms with Crippen LogP contribution in [0, 0.1) is 5.82 Å². The van der Waals surface area contributed by atoms with Gasteiger partial charge in [-0.1, -0.05) is 12.1 Å². The SMILES string of the molecule is O=C(CCc1nnc(-c2ccc3c(c2)OCO3)o1)N1CCC(c2ccc(F)cc2)C1. The first kappa shape index (κ1) is 18.6. The normalized spacial score (nSPS) is 17.5. The predicted octanol–water partition coefficient (Wildman–Crippen LogP) is 3.55. The van der Waals surface area contributed by atoms with Gasteiger partial charge < -0.3 is 18.8 Å². The van der Waals surface area contributed by atoms with Gasteiger partial charge in [0.05, 0.1) is 0 Å². The van der Waals surface area contributed by atoms with Crippen molar-refractivity contribution in [2.45, 2.75) is 25.2 Å². The predicted molar refractivity (Wildman–Crippen MR) is 105 cm³/mol. The molecular weight excluding hydrogens is 389 g/mol. The Labute approximate surface area is 172 Å². The van der Waals surface area contributed by atoms with E-state index in [0.717, 1.165) is 17.5 Å².